The van der Waals surface area contributed by atoms with Gasteiger partial charge in [0.25, 0.3) is 11.8 Å². The number of amides is 4. The molecule has 4 amide bonds. The average molecular weight is 423 g/mol. The minimum Gasteiger partial charge on any atom is -0.452 e. The lowest BCUT2D eigenvalue weighted by molar-refractivity contribution is -0.121. The number of hydrogen-bond donors (Lipinski definition) is 2. The number of hydrogen-bond acceptors (Lipinski definition) is 6. The van der Waals surface area contributed by atoms with Gasteiger partial charge < -0.3 is 15.4 Å². The van der Waals surface area contributed by atoms with E-state index in [0.29, 0.717) is 23.5 Å². The van der Waals surface area contributed by atoms with Gasteiger partial charge in [0.05, 0.1) is 11.3 Å². The Bertz CT molecular complexity index is 1020. The highest BCUT2D eigenvalue weighted by Crippen LogP contribution is 2.23. The van der Waals surface area contributed by atoms with Crippen LogP contribution in [0.15, 0.2) is 48.5 Å². The van der Waals surface area contributed by atoms with Gasteiger partial charge in [0.1, 0.15) is 0 Å². The van der Waals surface area contributed by atoms with Crippen LogP contribution in [0.25, 0.3) is 0 Å². The van der Waals surface area contributed by atoms with Crippen molar-refractivity contribution in [2.45, 2.75) is 19.8 Å². The minimum atomic E-state index is -0.725. The van der Waals surface area contributed by atoms with Crippen molar-refractivity contribution >= 4 is 41.0 Å². The zero-order valence-electron chi connectivity index (χ0n) is 16.8. The third-order valence-corrected chi connectivity index (χ3v) is 4.49. The molecule has 2 N–H and O–H groups in total. The molecule has 0 atom stereocenters. The van der Waals surface area contributed by atoms with Crippen LogP contribution in [0.4, 0.5) is 11.4 Å². The Balaban J connectivity index is 1.54. The molecule has 0 spiro atoms. The molecular formula is C22H21N3O6. The molecule has 0 bridgehead atoms. The molecule has 9 heteroatoms. The van der Waals surface area contributed by atoms with Crippen LogP contribution in [-0.4, -0.2) is 42.7 Å². The number of nitrogens with one attached hydrogen (secondary N) is 2. The number of imide groups is 1. The Hall–Kier alpha value is -4.01. The summed E-state index contributed by atoms with van der Waals surface area (Å²) >= 11 is 0. The van der Waals surface area contributed by atoms with E-state index in [0.717, 1.165) is 4.90 Å². The molecule has 2 aromatic carbocycles. The van der Waals surface area contributed by atoms with E-state index in [1.54, 1.807) is 25.1 Å². The molecule has 160 valence electrons. The van der Waals surface area contributed by atoms with Gasteiger partial charge in [-0.1, -0.05) is 6.07 Å². The topological polar surface area (TPSA) is 122 Å². The van der Waals surface area contributed by atoms with E-state index in [1.165, 1.54) is 30.3 Å². The lowest BCUT2D eigenvalue weighted by atomic mass is 10.2. The Kier molecular flexibility index (Phi) is 6.76. The normalized spacial score (nSPS) is 13.1. The van der Waals surface area contributed by atoms with Crippen LogP contribution in [0.5, 0.6) is 0 Å². The zero-order valence-corrected chi connectivity index (χ0v) is 16.8. The lowest BCUT2D eigenvalue weighted by Crippen LogP contribution is -2.28. The Morgan fingerprint density at radius 1 is 0.968 bits per heavy atom. The number of esters is 1. The van der Waals surface area contributed by atoms with Crippen LogP contribution >= 0.6 is 0 Å². The maximum atomic E-state index is 12.2. The van der Waals surface area contributed by atoms with E-state index in [4.69, 9.17) is 4.74 Å². The van der Waals surface area contributed by atoms with Crippen molar-refractivity contribution in [2.75, 3.05) is 23.4 Å². The van der Waals surface area contributed by atoms with Crippen LogP contribution in [0, 0.1) is 0 Å². The van der Waals surface area contributed by atoms with E-state index in [9.17, 15) is 24.0 Å². The third-order valence-electron chi connectivity index (χ3n) is 4.49. The van der Waals surface area contributed by atoms with E-state index in [1.807, 2.05) is 0 Å². The van der Waals surface area contributed by atoms with Gasteiger partial charge in [-0.3, -0.25) is 24.1 Å². The second kappa shape index (κ2) is 9.66. The Labute approximate surface area is 178 Å². The summed E-state index contributed by atoms with van der Waals surface area (Å²) in [7, 11) is 0. The quantitative estimate of drug-likeness (QED) is 0.518. The number of nitrogens with zero attached hydrogens (tertiary/aromatic N) is 1. The van der Waals surface area contributed by atoms with Crippen LogP contribution in [0.1, 0.15) is 40.5 Å². The standard InChI is InChI=1S/C22H21N3O6/c1-2-23-21(29)15-4-3-5-16(12-15)24-18(26)13-31-22(30)14-6-8-17(9-7-14)25-19(27)10-11-20(25)28/h3-9,12H,2,10-11,13H2,1H3,(H,23,29)(H,24,26). The van der Waals surface area contributed by atoms with Gasteiger partial charge in [0, 0.05) is 30.6 Å². The van der Waals surface area contributed by atoms with Gasteiger partial charge in [-0.25, -0.2) is 4.79 Å². The summed E-state index contributed by atoms with van der Waals surface area (Å²) < 4.78 is 5.01. The van der Waals surface area contributed by atoms with E-state index in [-0.39, 0.29) is 36.1 Å². The molecule has 1 aliphatic rings. The summed E-state index contributed by atoms with van der Waals surface area (Å²) in [6.45, 7) is 1.77. The molecule has 0 saturated carbocycles. The highest BCUT2D eigenvalue weighted by atomic mass is 16.5. The van der Waals surface area contributed by atoms with Crippen molar-refractivity contribution < 1.29 is 28.7 Å². The highest BCUT2D eigenvalue weighted by molar-refractivity contribution is 6.19. The van der Waals surface area contributed by atoms with Crippen LogP contribution in [0.3, 0.4) is 0 Å². The SMILES string of the molecule is CCNC(=O)c1cccc(NC(=O)COC(=O)c2ccc(N3C(=O)CCC3=O)cc2)c1. The highest BCUT2D eigenvalue weighted by Gasteiger charge is 2.30. The lowest BCUT2D eigenvalue weighted by Gasteiger charge is -2.14. The number of anilines is 2. The molecule has 0 aliphatic carbocycles. The summed E-state index contributed by atoms with van der Waals surface area (Å²) in [5.41, 5.74) is 1.35. The van der Waals surface area contributed by atoms with Crippen molar-refractivity contribution in [3.05, 3.63) is 59.7 Å². The van der Waals surface area contributed by atoms with E-state index >= 15 is 0 Å². The van der Waals surface area contributed by atoms with Crippen molar-refractivity contribution in [2.24, 2.45) is 0 Å². The van der Waals surface area contributed by atoms with E-state index in [2.05, 4.69) is 10.6 Å². The molecule has 2 aromatic rings. The molecule has 9 nitrogen and oxygen atoms in total. The molecule has 31 heavy (non-hydrogen) atoms. The summed E-state index contributed by atoms with van der Waals surface area (Å²) in [5.74, 6) is -2.12. The maximum absolute atomic E-state index is 12.2. The summed E-state index contributed by atoms with van der Waals surface area (Å²) in [6.07, 6.45) is 0.341. The smallest absolute Gasteiger partial charge is 0.338 e. The summed E-state index contributed by atoms with van der Waals surface area (Å²) in [5, 5.41) is 5.23. The first-order valence-corrected chi connectivity index (χ1v) is 9.70. The van der Waals surface area contributed by atoms with Gasteiger partial charge in [-0.05, 0) is 49.4 Å². The number of carbonyl (C=O) groups is 5. The fourth-order valence-corrected chi connectivity index (χ4v) is 3.02. The number of ether oxygens (including phenoxy) is 1. The largest absolute Gasteiger partial charge is 0.452 e. The average Bonchev–Trinajstić information content (AvgIpc) is 3.10. The molecule has 1 fully saturated rings. The van der Waals surface area contributed by atoms with Crippen molar-refractivity contribution in [1.82, 2.24) is 5.32 Å². The van der Waals surface area contributed by atoms with Crippen LogP contribution in [-0.2, 0) is 19.1 Å². The monoisotopic (exact) mass is 423 g/mol. The van der Waals surface area contributed by atoms with Gasteiger partial charge in [-0.15, -0.1) is 0 Å². The molecule has 0 aromatic heterocycles. The maximum Gasteiger partial charge on any atom is 0.338 e. The molecule has 0 radical (unpaired) electrons. The number of benzene rings is 2. The number of carbonyl (C=O) groups excluding carboxylic acids is 5. The Morgan fingerprint density at radius 3 is 2.29 bits per heavy atom. The zero-order chi connectivity index (χ0) is 22.4. The van der Waals surface area contributed by atoms with E-state index < -0.39 is 18.5 Å². The first kappa shape index (κ1) is 21.7. The van der Waals surface area contributed by atoms with Crippen molar-refractivity contribution in [3.8, 4) is 0 Å². The first-order chi connectivity index (χ1) is 14.9. The summed E-state index contributed by atoms with van der Waals surface area (Å²) in [4.78, 5) is 60.7. The predicted octanol–water partition coefficient (Wildman–Crippen LogP) is 1.89. The first-order valence-electron chi connectivity index (χ1n) is 9.70. The van der Waals surface area contributed by atoms with Gasteiger partial charge >= 0.3 is 5.97 Å². The molecule has 0 unspecified atom stereocenters. The second-order valence-corrected chi connectivity index (χ2v) is 6.73. The molecule has 1 saturated heterocycles. The van der Waals surface area contributed by atoms with Gasteiger partial charge in [0.2, 0.25) is 11.8 Å². The molecular weight excluding hydrogens is 402 g/mol. The molecule has 3 rings (SSSR count). The predicted molar refractivity (Wildman–Crippen MR) is 112 cm³/mol. The third kappa shape index (κ3) is 5.33. The fourth-order valence-electron chi connectivity index (χ4n) is 3.02. The van der Waals surface area contributed by atoms with Crippen molar-refractivity contribution in [1.29, 1.82) is 0 Å². The molecule has 1 heterocycles. The molecule has 1 aliphatic heterocycles. The van der Waals surface area contributed by atoms with Gasteiger partial charge in [-0.2, -0.15) is 0 Å². The Morgan fingerprint density at radius 2 is 1.65 bits per heavy atom. The minimum absolute atomic E-state index is 0.171. The van der Waals surface area contributed by atoms with Crippen LogP contribution in [0.2, 0.25) is 0 Å². The summed E-state index contributed by atoms with van der Waals surface area (Å²) in [6, 6.07) is 12.2. The van der Waals surface area contributed by atoms with Crippen LogP contribution < -0.4 is 15.5 Å². The van der Waals surface area contributed by atoms with Gasteiger partial charge in [0.15, 0.2) is 6.61 Å². The second-order valence-electron chi connectivity index (χ2n) is 6.73. The van der Waals surface area contributed by atoms with Crippen molar-refractivity contribution in [3.63, 3.8) is 0 Å². The fraction of sp³-hybridized carbons (Fsp3) is 0.227. The number of rotatable bonds is 7.